The van der Waals surface area contributed by atoms with Crippen molar-refractivity contribution in [2.75, 3.05) is 6.61 Å². The molecular weight excluding hydrogens is 330 g/mol. The summed E-state index contributed by atoms with van der Waals surface area (Å²) in [5.41, 5.74) is 2.20. The van der Waals surface area contributed by atoms with E-state index in [2.05, 4.69) is 21.4 Å². The van der Waals surface area contributed by atoms with Gasteiger partial charge in [0, 0.05) is 18.4 Å². The number of carbonyl (C=O) groups is 1. The number of hydrogen-bond donors (Lipinski definition) is 1. The summed E-state index contributed by atoms with van der Waals surface area (Å²) in [4.78, 5) is 20.9. The van der Waals surface area contributed by atoms with E-state index in [0.29, 0.717) is 12.6 Å². The van der Waals surface area contributed by atoms with Gasteiger partial charge in [-0.2, -0.15) is 0 Å². The van der Waals surface area contributed by atoms with Crippen LogP contribution in [-0.2, 0) is 16.0 Å². The van der Waals surface area contributed by atoms with Gasteiger partial charge in [0.05, 0.1) is 6.61 Å². The Labute approximate surface area is 153 Å². The summed E-state index contributed by atoms with van der Waals surface area (Å²) in [5.74, 6) is -0.0343. The van der Waals surface area contributed by atoms with Gasteiger partial charge in [-0.1, -0.05) is 24.3 Å². The van der Waals surface area contributed by atoms with Crippen LogP contribution >= 0.6 is 0 Å². The maximum Gasteiger partial charge on any atom is 0.316 e. The zero-order valence-electron chi connectivity index (χ0n) is 14.6. The van der Waals surface area contributed by atoms with Gasteiger partial charge in [-0.3, -0.25) is 4.79 Å². The molecule has 0 unspecified atom stereocenters. The van der Waals surface area contributed by atoms with E-state index in [1.165, 1.54) is 5.56 Å². The number of nitrogens with one attached hydrogen (secondary N) is 1. The van der Waals surface area contributed by atoms with E-state index in [1.807, 2.05) is 18.2 Å². The van der Waals surface area contributed by atoms with Gasteiger partial charge in [0.15, 0.2) is 6.10 Å². The highest BCUT2D eigenvalue weighted by Gasteiger charge is 2.30. The lowest BCUT2D eigenvalue weighted by Crippen LogP contribution is -2.43. The second kappa shape index (κ2) is 7.83. The largest absolute Gasteiger partial charge is 0.460 e. The maximum atomic E-state index is 12.7. The lowest BCUT2D eigenvalue weighted by atomic mass is 9.92. The lowest BCUT2D eigenvalue weighted by molar-refractivity contribution is -0.135. The molecule has 2 aromatic rings. The van der Waals surface area contributed by atoms with Crippen LogP contribution in [-0.4, -0.2) is 34.6 Å². The van der Waals surface area contributed by atoms with E-state index in [-0.39, 0.29) is 18.1 Å². The third kappa shape index (κ3) is 3.85. The van der Waals surface area contributed by atoms with Gasteiger partial charge in [0.25, 0.3) is 5.91 Å². The van der Waals surface area contributed by atoms with Gasteiger partial charge in [-0.25, -0.2) is 9.97 Å². The Kier molecular flexibility index (Phi) is 5.11. The number of rotatable bonds is 4. The quantitative estimate of drug-likeness (QED) is 0.915. The molecule has 0 radical (unpaired) electrons. The van der Waals surface area contributed by atoms with E-state index >= 15 is 0 Å². The predicted octanol–water partition coefficient (Wildman–Crippen LogP) is 2.60. The molecule has 6 heteroatoms. The topological polar surface area (TPSA) is 73.3 Å². The van der Waals surface area contributed by atoms with Gasteiger partial charge < -0.3 is 14.8 Å². The Bertz CT molecular complexity index is 745. The highest BCUT2D eigenvalue weighted by Crippen LogP contribution is 2.28. The van der Waals surface area contributed by atoms with Gasteiger partial charge >= 0.3 is 6.01 Å². The number of hydrogen-bond acceptors (Lipinski definition) is 5. The van der Waals surface area contributed by atoms with Crippen LogP contribution in [0.2, 0.25) is 0 Å². The number of ether oxygens (including phenoxy) is 2. The maximum absolute atomic E-state index is 12.7. The summed E-state index contributed by atoms with van der Waals surface area (Å²) in [6, 6.07) is 10.4. The third-order valence-electron chi connectivity index (χ3n) is 5.07. The van der Waals surface area contributed by atoms with Crippen molar-refractivity contribution in [1.82, 2.24) is 15.3 Å². The molecule has 1 fully saturated rings. The fourth-order valence-electron chi connectivity index (χ4n) is 3.71. The van der Waals surface area contributed by atoms with Crippen molar-refractivity contribution in [1.29, 1.82) is 0 Å². The molecule has 0 bridgehead atoms. The Morgan fingerprint density at radius 1 is 1.08 bits per heavy atom. The van der Waals surface area contributed by atoms with Crippen molar-refractivity contribution < 1.29 is 14.3 Å². The van der Waals surface area contributed by atoms with Crippen LogP contribution in [0.25, 0.3) is 0 Å². The highest BCUT2D eigenvalue weighted by molar-refractivity contribution is 5.83. The van der Waals surface area contributed by atoms with Gasteiger partial charge in [0.1, 0.15) is 6.10 Å². The molecular formula is C20H23N3O3. The van der Waals surface area contributed by atoms with Crippen LogP contribution in [0.5, 0.6) is 6.01 Å². The average Bonchev–Trinajstić information content (AvgIpc) is 2.70. The fraction of sp³-hybridized carbons (Fsp3) is 0.450. The summed E-state index contributed by atoms with van der Waals surface area (Å²) in [7, 11) is 0. The molecule has 136 valence electrons. The van der Waals surface area contributed by atoms with Crippen molar-refractivity contribution in [2.24, 2.45) is 0 Å². The summed E-state index contributed by atoms with van der Waals surface area (Å²) in [5, 5.41) is 3.16. The normalized spacial score (nSPS) is 25.2. The molecule has 1 atom stereocenters. The van der Waals surface area contributed by atoms with Crippen LogP contribution in [0.15, 0.2) is 42.7 Å². The highest BCUT2D eigenvalue weighted by atomic mass is 16.5. The molecule has 1 aliphatic carbocycles. The molecule has 1 aliphatic heterocycles. The van der Waals surface area contributed by atoms with E-state index in [9.17, 15) is 4.79 Å². The average molecular weight is 353 g/mol. The second-order valence-electron chi connectivity index (χ2n) is 6.83. The van der Waals surface area contributed by atoms with Crippen LogP contribution in [0.1, 0.15) is 42.9 Å². The molecule has 26 heavy (non-hydrogen) atoms. The zero-order valence-corrected chi connectivity index (χ0v) is 14.6. The minimum atomic E-state index is -0.494. The van der Waals surface area contributed by atoms with Crippen molar-refractivity contribution in [3.63, 3.8) is 0 Å². The Hall–Kier alpha value is -2.47. The molecule has 0 saturated heterocycles. The van der Waals surface area contributed by atoms with Crippen molar-refractivity contribution in [3.8, 4) is 6.01 Å². The van der Waals surface area contributed by atoms with E-state index in [4.69, 9.17) is 9.47 Å². The van der Waals surface area contributed by atoms with Crippen molar-refractivity contribution >= 4 is 5.91 Å². The third-order valence-corrected chi connectivity index (χ3v) is 5.07. The van der Waals surface area contributed by atoms with E-state index < -0.39 is 6.10 Å². The van der Waals surface area contributed by atoms with Crippen LogP contribution in [0.3, 0.4) is 0 Å². The Balaban J connectivity index is 1.30. The van der Waals surface area contributed by atoms with Gasteiger partial charge in [-0.15, -0.1) is 0 Å². The molecule has 2 heterocycles. The number of nitrogens with zero attached hydrogens (tertiary/aromatic N) is 2. The summed E-state index contributed by atoms with van der Waals surface area (Å²) < 4.78 is 11.6. The lowest BCUT2D eigenvalue weighted by Gasteiger charge is -2.31. The summed E-state index contributed by atoms with van der Waals surface area (Å²) in [6.45, 7) is 0.590. The molecule has 2 aliphatic rings. The summed E-state index contributed by atoms with van der Waals surface area (Å²) >= 11 is 0. The SMILES string of the molecule is O=C(NC1CCC(Oc2ncccn2)CC1)[C@@H]1OCCc2ccccc21. The number of fused-ring (bicyclic) bond motifs is 1. The fourth-order valence-corrected chi connectivity index (χ4v) is 3.71. The molecule has 1 saturated carbocycles. The van der Waals surface area contributed by atoms with Crippen LogP contribution in [0.4, 0.5) is 0 Å². The van der Waals surface area contributed by atoms with Crippen molar-refractivity contribution in [2.45, 2.75) is 50.4 Å². The van der Waals surface area contributed by atoms with E-state index in [0.717, 1.165) is 37.7 Å². The first kappa shape index (κ1) is 17.0. The first-order chi connectivity index (χ1) is 12.8. The van der Waals surface area contributed by atoms with E-state index in [1.54, 1.807) is 18.5 Å². The van der Waals surface area contributed by atoms with Crippen molar-refractivity contribution in [3.05, 3.63) is 53.9 Å². The first-order valence-electron chi connectivity index (χ1n) is 9.23. The molecule has 1 aromatic carbocycles. The summed E-state index contributed by atoms with van der Waals surface area (Å²) in [6.07, 6.45) is 7.37. The number of amides is 1. The monoisotopic (exact) mass is 353 g/mol. The molecule has 0 spiro atoms. The molecule has 1 N–H and O–H groups in total. The zero-order chi connectivity index (χ0) is 17.8. The van der Waals surface area contributed by atoms with Crippen LogP contribution < -0.4 is 10.1 Å². The molecule has 6 nitrogen and oxygen atoms in total. The molecule has 1 amide bonds. The van der Waals surface area contributed by atoms with Gasteiger partial charge in [-0.05, 0) is 49.3 Å². The second-order valence-corrected chi connectivity index (χ2v) is 6.83. The standard InChI is InChI=1S/C20H23N3O3/c24-19(18-17-5-2-1-4-14(17)10-13-25-18)23-15-6-8-16(9-7-15)26-20-21-11-3-12-22-20/h1-5,11-12,15-16,18H,6-10,13H2,(H,23,24)/t15?,16?,18-/m1/s1. The van der Waals surface area contributed by atoms with Crippen LogP contribution in [0, 0.1) is 0 Å². The minimum absolute atomic E-state index is 0.0343. The molecule has 1 aromatic heterocycles. The predicted molar refractivity (Wildman–Crippen MR) is 95.7 cm³/mol. The minimum Gasteiger partial charge on any atom is -0.460 e. The number of benzene rings is 1. The molecule has 4 rings (SSSR count). The first-order valence-corrected chi connectivity index (χ1v) is 9.23. The number of carbonyl (C=O) groups excluding carboxylic acids is 1. The smallest absolute Gasteiger partial charge is 0.316 e. The Morgan fingerprint density at radius 3 is 2.65 bits per heavy atom. The Morgan fingerprint density at radius 2 is 1.85 bits per heavy atom. The van der Waals surface area contributed by atoms with Gasteiger partial charge in [0.2, 0.25) is 0 Å². The number of aromatic nitrogens is 2.